The average molecular weight is 823 g/mol. The lowest BCUT2D eigenvalue weighted by Gasteiger charge is -2.25. The van der Waals surface area contributed by atoms with Crippen molar-refractivity contribution in [2.45, 2.75) is 0 Å². The molecule has 6 heteroatoms. The zero-order chi connectivity index (χ0) is 41.9. The van der Waals surface area contributed by atoms with E-state index in [1.54, 1.807) is 0 Å². The van der Waals surface area contributed by atoms with Crippen LogP contribution in [0.15, 0.2) is 224 Å². The molecule has 10 aromatic carbocycles. The van der Waals surface area contributed by atoms with Crippen molar-refractivity contribution in [2.24, 2.45) is 0 Å². The van der Waals surface area contributed by atoms with E-state index in [2.05, 4.69) is 180 Å². The molecule has 0 spiro atoms. The van der Waals surface area contributed by atoms with Gasteiger partial charge in [-0.25, -0.2) is 0 Å². The van der Waals surface area contributed by atoms with E-state index < -0.39 is 0 Å². The summed E-state index contributed by atoms with van der Waals surface area (Å²) in [6.45, 7) is 0. The number of nitrogens with zero attached hydrogens (tertiary/aromatic N) is 2. The number of anilines is 6. The summed E-state index contributed by atoms with van der Waals surface area (Å²) >= 11 is 0. The second-order valence-electron chi connectivity index (χ2n) is 16.4. The van der Waals surface area contributed by atoms with Crippen LogP contribution in [0.2, 0.25) is 0 Å². The third-order valence-electron chi connectivity index (χ3n) is 12.8. The van der Waals surface area contributed by atoms with Gasteiger partial charge in [0.25, 0.3) is 0 Å². The molecule has 0 fully saturated rings. The van der Waals surface area contributed by atoms with Gasteiger partial charge in [-0.1, -0.05) is 72.8 Å². The number of rotatable bonds is 6. The largest absolute Gasteiger partial charge is 0.456 e. The van der Waals surface area contributed by atoms with Crippen LogP contribution in [0.4, 0.5) is 34.1 Å². The predicted octanol–water partition coefficient (Wildman–Crippen LogP) is 17.4. The Morgan fingerprint density at radius 1 is 0.203 bits per heavy atom. The van der Waals surface area contributed by atoms with Crippen molar-refractivity contribution in [3.8, 4) is 0 Å². The van der Waals surface area contributed by atoms with E-state index in [-0.39, 0.29) is 0 Å². The highest BCUT2D eigenvalue weighted by Crippen LogP contribution is 2.45. The first-order valence-electron chi connectivity index (χ1n) is 21.5. The molecule has 14 rings (SSSR count). The van der Waals surface area contributed by atoms with Crippen molar-refractivity contribution in [3.05, 3.63) is 206 Å². The Balaban J connectivity index is 0.891. The van der Waals surface area contributed by atoms with Gasteiger partial charge >= 0.3 is 0 Å². The van der Waals surface area contributed by atoms with E-state index in [0.29, 0.717) is 0 Å². The first kappa shape index (κ1) is 34.9. The van der Waals surface area contributed by atoms with E-state index in [1.807, 2.05) is 36.4 Å². The van der Waals surface area contributed by atoms with Crippen molar-refractivity contribution in [3.63, 3.8) is 0 Å². The fourth-order valence-electron chi connectivity index (χ4n) is 9.88. The summed E-state index contributed by atoms with van der Waals surface area (Å²) in [6, 6.07) is 71.8. The fourth-order valence-corrected chi connectivity index (χ4v) is 9.88. The number of benzene rings is 10. The molecule has 4 heterocycles. The molecular formula is C58H34N2O4. The molecule has 0 saturated carbocycles. The number of furan rings is 4. The van der Waals surface area contributed by atoms with Crippen LogP contribution in [0, 0.1) is 0 Å². The second-order valence-corrected chi connectivity index (χ2v) is 16.4. The van der Waals surface area contributed by atoms with Gasteiger partial charge in [0.2, 0.25) is 0 Å². The third kappa shape index (κ3) is 5.20. The van der Waals surface area contributed by atoms with Gasteiger partial charge < -0.3 is 27.5 Å². The highest BCUT2D eigenvalue weighted by atomic mass is 16.3. The Kier molecular flexibility index (Phi) is 7.30. The molecule has 6 nitrogen and oxygen atoms in total. The highest BCUT2D eigenvalue weighted by Gasteiger charge is 2.21. The van der Waals surface area contributed by atoms with Crippen LogP contribution >= 0.6 is 0 Å². The van der Waals surface area contributed by atoms with Crippen molar-refractivity contribution < 1.29 is 17.7 Å². The van der Waals surface area contributed by atoms with Crippen LogP contribution in [0.3, 0.4) is 0 Å². The van der Waals surface area contributed by atoms with Crippen LogP contribution in [0.25, 0.3) is 98.5 Å². The summed E-state index contributed by atoms with van der Waals surface area (Å²) in [4.78, 5) is 4.55. The normalized spacial score (nSPS) is 12.1. The first-order valence-corrected chi connectivity index (χ1v) is 21.5. The van der Waals surface area contributed by atoms with E-state index in [4.69, 9.17) is 17.7 Å². The minimum absolute atomic E-state index is 0.813. The van der Waals surface area contributed by atoms with E-state index in [9.17, 15) is 0 Å². The van der Waals surface area contributed by atoms with E-state index >= 15 is 0 Å². The van der Waals surface area contributed by atoms with E-state index in [0.717, 1.165) is 133 Å². The SMILES string of the molecule is c1ccc(N(c2ccc3c(c2)oc2c3ccc3c2ccc2c4ccc(N(c5ccccc5)c5ccc6oc7ccccc7c6c5)cc4oc23)c2ccc3oc4ccccc4c3c2)cc1. The minimum atomic E-state index is 0.813. The lowest BCUT2D eigenvalue weighted by Crippen LogP contribution is -2.09. The number of hydrogen-bond donors (Lipinski definition) is 0. The molecule has 0 bridgehead atoms. The molecule has 0 saturated heterocycles. The quantitative estimate of drug-likeness (QED) is 0.166. The van der Waals surface area contributed by atoms with Gasteiger partial charge in [-0.05, 0) is 121 Å². The molecular weight excluding hydrogens is 789 g/mol. The molecule has 64 heavy (non-hydrogen) atoms. The molecule has 300 valence electrons. The van der Waals surface area contributed by atoms with Crippen LogP contribution in [0.1, 0.15) is 0 Å². The van der Waals surface area contributed by atoms with Crippen LogP contribution in [-0.2, 0) is 0 Å². The van der Waals surface area contributed by atoms with Crippen LogP contribution in [-0.4, -0.2) is 0 Å². The Labute approximate surface area is 364 Å². The molecule has 14 aromatic rings. The molecule has 0 radical (unpaired) electrons. The summed E-state index contributed by atoms with van der Waals surface area (Å²) in [5.41, 5.74) is 12.9. The summed E-state index contributed by atoms with van der Waals surface area (Å²) in [5.74, 6) is 0. The minimum Gasteiger partial charge on any atom is -0.456 e. The van der Waals surface area contributed by atoms with Gasteiger partial charge in [0.05, 0.1) is 0 Å². The zero-order valence-corrected chi connectivity index (χ0v) is 34.2. The Morgan fingerprint density at radius 2 is 0.531 bits per heavy atom. The van der Waals surface area contributed by atoms with Crippen molar-refractivity contribution in [2.75, 3.05) is 9.80 Å². The standard InChI is InChI=1S/C58H34N2O4/c1-3-11-35(12-4-1)59(37-21-29-53-49(31-37)41-15-7-9-17-51(41)61-53)39-19-23-43-45-25-27-48-47(57(45)63-55(43)33-39)28-26-46-44-24-20-40(34-56(44)64-58(46)48)60(36-13-5-2-6-14-36)38-22-30-54-50(32-38)42-16-8-10-18-52(42)62-54/h1-34H. The van der Waals surface area contributed by atoms with Gasteiger partial charge in [-0.15, -0.1) is 0 Å². The molecule has 0 aliphatic heterocycles. The van der Waals surface area contributed by atoms with Gasteiger partial charge in [-0.3, -0.25) is 0 Å². The molecule has 0 unspecified atom stereocenters. The zero-order valence-electron chi connectivity index (χ0n) is 34.2. The third-order valence-corrected chi connectivity index (χ3v) is 12.8. The first-order chi connectivity index (χ1) is 31.7. The molecule has 0 aliphatic carbocycles. The maximum atomic E-state index is 6.87. The van der Waals surface area contributed by atoms with Gasteiger partial charge in [-0.2, -0.15) is 0 Å². The molecule has 0 N–H and O–H groups in total. The Bertz CT molecular complexity index is 3890. The maximum Gasteiger partial charge on any atom is 0.143 e. The smallest absolute Gasteiger partial charge is 0.143 e. The summed E-state index contributed by atoms with van der Waals surface area (Å²) < 4.78 is 26.1. The predicted molar refractivity (Wildman–Crippen MR) is 262 cm³/mol. The molecule has 0 aliphatic rings. The summed E-state index contributed by atoms with van der Waals surface area (Å²) in [6.07, 6.45) is 0. The van der Waals surface area contributed by atoms with E-state index in [1.165, 1.54) is 0 Å². The summed E-state index contributed by atoms with van der Waals surface area (Å²) in [7, 11) is 0. The van der Waals surface area contributed by atoms with Crippen LogP contribution < -0.4 is 9.80 Å². The van der Waals surface area contributed by atoms with Gasteiger partial charge in [0.15, 0.2) is 0 Å². The summed E-state index contributed by atoms with van der Waals surface area (Å²) in [5, 5.41) is 10.6. The molecule has 0 amide bonds. The number of hydrogen-bond acceptors (Lipinski definition) is 6. The lowest BCUT2D eigenvalue weighted by molar-refractivity contribution is 0.668. The Morgan fingerprint density at radius 3 is 0.984 bits per heavy atom. The fraction of sp³-hybridized carbons (Fsp3) is 0. The van der Waals surface area contributed by atoms with Crippen molar-refractivity contribution >= 4 is 133 Å². The van der Waals surface area contributed by atoms with Crippen molar-refractivity contribution in [1.82, 2.24) is 0 Å². The highest BCUT2D eigenvalue weighted by molar-refractivity contribution is 6.23. The topological polar surface area (TPSA) is 59.0 Å². The van der Waals surface area contributed by atoms with Crippen molar-refractivity contribution in [1.29, 1.82) is 0 Å². The molecule has 0 atom stereocenters. The Hall–Kier alpha value is -8.74. The van der Waals surface area contributed by atoms with Gasteiger partial charge in [0.1, 0.15) is 44.7 Å². The second kappa shape index (κ2) is 13.4. The van der Waals surface area contributed by atoms with Crippen LogP contribution in [0.5, 0.6) is 0 Å². The number of fused-ring (bicyclic) bond motifs is 15. The monoisotopic (exact) mass is 822 g/mol. The maximum absolute atomic E-state index is 6.87. The average Bonchev–Trinajstić information content (AvgIpc) is 4.12. The number of para-hydroxylation sites is 4. The molecule has 4 aromatic heterocycles. The van der Waals surface area contributed by atoms with Gasteiger partial charge in [0, 0.05) is 100 Å². The lowest BCUT2D eigenvalue weighted by atomic mass is 10.0.